The van der Waals surface area contributed by atoms with Gasteiger partial charge in [-0.25, -0.2) is 0 Å². The van der Waals surface area contributed by atoms with E-state index in [1.807, 2.05) is 25.1 Å². The predicted molar refractivity (Wildman–Crippen MR) is 61.5 cm³/mol. The molecule has 1 aliphatic rings. The molecule has 0 radical (unpaired) electrons. The molecule has 1 aliphatic carbocycles. The first-order valence-electron chi connectivity index (χ1n) is 5.56. The van der Waals surface area contributed by atoms with Crippen molar-refractivity contribution in [3.63, 3.8) is 0 Å². The number of rotatable bonds is 2. The average Bonchev–Trinajstić information content (AvgIpc) is 2.33. The maximum atomic E-state index is 10.2. The first-order valence-corrected chi connectivity index (χ1v) is 5.56. The van der Waals surface area contributed by atoms with Gasteiger partial charge in [-0.1, -0.05) is 13.0 Å². The number of fused-ring (bicyclic) bond motifs is 1. The third-order valence-corrected chi connectivity index (χ3v) is 3.63. The topological polar surface area (TPSA) is 49.7 Å². The van der Waals surface area contributed by atoms with E-state index in [2.05, 4.69) is 0 Å². The molecule has 16 heavy (non-hydrogen) atoms. The zero-order chi connectivity index (χ0) is 11.8. The van der Waals surface area contributed by atoms with Gasteiger partial charge in [-0.15, -0.1) is 0 Å². The van der Waals surface area contributed by atoms with Crippen LogP contribution < -0.4 is 4.74 Å². The molecule has 0 saturated heterocycles. The molecule has 0 aromatic heterocycles. The number of ether oxygens (including phenoxy) is 1. The predicted octanol–water partition coefficient (Wildman–Crippen LogP) is 1.67. The first-order chi connectivity index (χ1) is 7.60. The molecule has 2 rings (SSSR count). The number of hydrogen-bond donors (Lipinski definition) is 2. The van der Waals surface area contributed by atoms with Crippen molar-refractivity contribution in [2.45, 2.75) is 25.9 Å². The summed E-state index contributed by atoms with van der Waals surface area (Å²) in [7, 11) is 1.64. The minimum Gasteiger partial charge on any atom is -0.497 e. The SMILES string of the molecule is COc1ccc2c(c1)CC[C@](C)(CO)[C@H]2O. The van der Waals surface area contributed by atoms with E-state index in [1.165, 1.54) is 0 Å². The van der Waals surface area contributed by atoms with Crippen LogP contribution in [-0.2, 0) is 6.42 Å². The van der Waals surface area contributed by atoms with Crippen LogP contribution >= 0.6 is 0 Å². The van der Waals surface area contributed by atoms with Gasteiger partial charge in [0.15, 0.2) is 0 Å². The van der Waals surface area contributed by atoms with E-state index in [9.17, 15) is 10.2 Å². The summed E-state index contributed by atoms with van der Waals surface area (Å²) >= 11 is 0. The Balaban J connectivity index is 2.39. The molecule has 3 nitrogen and oxygen atoms in total. The molecule has 3 heteroatoms. The number of aliphatic hydroxyl groups is 2. The van der Waals surface area contributed by atoms with E-state index >= 15 is 0 Å². The average molecular weight is 222 g/mol. The summed E-state index contributed by atoms with van der Waals surface area (Å²) in [4.78, 5) is 0. The molecule has 2 N–H and O–H groups in total. The van der Waals surface area contributed by atoms with Crippen molar-refractivity contribution < 1.29 is 14.9 Å². The van der Waals surface area contributed by atoms with Crippen molar-refractivity contribution in [3.05, 3.63) is 29.3 Å². The van der Waals surface area contributed by atoms with Crippen LogP contribution in [0.4, 0.5) is 0 Å². The third-order valence-electron chi connectivity index (χ3n) is 3.63. The Labute approximate surface area is 95.7 Å². The van der Waals surface area contributed by atoms with Crippen LogP contribution in [0.1, 0.15) is 30.6 Å². The third kappa shape index (κ3) is 1.70. The largest absolute Gasteiger partial charge is 0.497 e. The molecule has 0 unspecified atom stereocenters. The number of hydrogen-bond acceptors (Lipinski definition) is 3. The van der Waals surface area contributed by atoms with Crippen LogP contribution in [0, 0.1) is 5.41 Å². The lowest BCUT2D eigenvalue weighted by molar-refractivity contribution is -0.0201. The van der Waals surface area contributed by atoms with Gasteiger partial charge in [-0.3, -0.25) is 0 Å². The summed E-state index contributed by atoms with van der Waals surface area (Å²) in [6.45, 7) is 1.93. The molecule has 0 saturated carbocycles. The standard InChI is InChI=1S/C13H18O3/c1-13(8-14)6-5-9-7-10(16-2)3-4-11(9)12(13)15/h3-4,7,12,14-15H,5-6,8H2,1-2H3/t12-,13+/m0/s1. The van der Waals surface area contributed by atoms with Gasteiger partial charge in [0.1, 0.15) is 5.75 Å². The van der Waals surface area contributed by atoms with Crippen LogP contribution in [0.25, 0.3) is 0 Å². The van der Waals surface area contributed by atoms with Crippen molar-refractivity contribution in [2.75, 3.05) is 13.7 Å². The first kappa shape index (κ1) is 11.4. The number of aliphatic hydroxyl groups excluding tert-OH is 2. The summed E-state index contributed by atoms with van der Waals surface area (Å²) in [5, 5.41) is 19.6. The van der Waals surface area contributed by atoms with Crippen LogP contribution in [-0.4, -0.2) is 23.9 Å². The van der Waals surface area contributed by atoms with Crippen molar-refractivity contribution in [1.82, 2.24) is 0 Å². The van der Waals surface area contributed by atoms with Gasteiger partial charge in [0, 0.05) is 5.41 Å². The smallest absolute Gasteiger partial charge is 0.119 e. The van der Waals surface area contributed by atoms with Crippen molar-refractivity contribution in [1.29, 1.82) is 0 Å². The molecular weight excluding hydrogens is 204 g/mol. The molecular formula is C13H18O3. The number of benzene rings is 1. The molecule has 1 aromatic carbocycles. The van der Waals surface area contributed by atoms with Gasteiger partial charge < -0.3 is 14.9 Å². The number of methoxy groups -OCH3 is 1. The van der Waals surface area contributed by atoms with Crippen molar-refractivity contribution in [2.24, 2.45) is 5.41 Å². The summed E-state index contributed by atoms with van der Waals surface area (Å²) in [6.07, 6.45) is 1.08. The minimum absolute atomic E-state index is 0.0135. The normalized spacial score (nSPS) is 28.6. The molecule has 1 aromatic rings. The van der Waals surface area contributed by atoms with Gasteiger partial charge in [-0.2, -0.15) is 0 Å². The van der Waals surface area contributed by atoms with Gasteiger partial charge in [0.05, 0.1) is 19.8 Å². The summed E-state index contributed by atoms with van der Waals surface area (Å²) in [6, 6.07) is 5.71. The summed E-state index contributed by atoms with van der Waals surface area (Å²) < 4.78 is 5.16. The van der Waals surface area contributed by atoms with Gasteiger partial charge in [0.25, 0.3) is 0 Å². The van der Waals surface area contributed by atoms with E-state index in [4.69, 9.17) is 4.74 Å². The summed E-state index contributed by atoms with van der Waals surface area (Å²) in [5.74, 6) is 0.818. The molecule has 0 fully saturated rings. The fraction of sp³-hybridized carbons (Fsp3) is 0.538. The Hall–Kier alpha value is -1.06. The van der Waals surface area contributed by atoms with E-state index < -0.39 is 11.5 Å². The van der Waals surface area contributed by atoms with Crippen molar-refractivity contribution >= 4 is 0 Å². The highest BCUT2D eigenvalue weighted by Gasteiger charge is 2.38. The fourth-order valence-electron chi connectivity index (χ4n) is 2.29. The fourth-order valence-corrected chi connectivity index (χ4v) is 2.29. The molecule has 0 spiro atoms. The van der Waals surface area contributed by atoms with Gasteiger partial charge >= 0.3 is 0 Å². The second kappa shape index (κ2) is 4.07. The highest BCUT2D eigenvalue weighted by Crippen LogP contribution is 2.44. The van der Waals surface area contributed by atoms with E-state index in [0.717, 1.165) is 29.7 Å². The van der Waals surface area contributed by atoms with Gasteiger partial charge in [-0.05, 0) is 36.1 Å². The zero-order valence-electron chi connectivity index (χ0n) is 9.73. The number of aryl methyl sites for hydroxylation is 1. The molecule has 0 heterocycles. The second-order valence-electron chi connectivity index (χ2n) is 4.78. The highest BCUT2D eigenvalue weighted by molar-refractivity contribution is 5.39. The van der Waals surface area contributed by atoms with E-state index in [0.29, 0.717) is 0 Å². The van der Waals surface area contributed by atoms with Crippen LogP contribution in [0.3, 0.4) is 0 Å². The lowest BCUT2D eigenvalue weighted by Gasteiger charge is -2.38. The van der Waals surface area contributed by atoms with E-state index in [-0.39, 0.29) is 6.61 Å². The molecule has 2 atom stereocenters. The lowest BCUT2D eigenvalue weighted by atomic mass is 9.71. The minimum atomic E-state index is -0.591. The maximum Gasteiger partial charge on any atom is 0.119 e. The van der Waals surface area contributed by atoms with Crippen LogP contribution in [0.2, 0.25) is 0 Å². The Bertz CT molecular complexity index is 389. The maximum absolute atomic E-state index is 10.2. The summed E-state index contributed by atoms with van der Waals surface area (Å²) in [5.41, 5.74) is 1.63. The Morgan fingerprint density at radius 2 is 2.25 bits per heavy atom. The lowest BCUT2D eigenvalue weighted by Crippen LogP contribution is -2.34. The zero-order valence-corrected chi connectivity index (χ0v) is 9.73. The Morgan fingerprint density at radius 1 is 1.50 bits per heavy atom. The van der Waals surface area contributed by atoms with Gasteiger partial charge in [0.2, 0.25) is 0 Å². The van der Waals surface area contributed by atoms with Crippen molar-refractivity contribution in [3.8, 4) is 5.75 Å². The van der Waals surface area contributed by atoms with Crippen LogP contribution in [0.5, 0.6) is 5.75 Å². The highest BCUT2D eigenvalue weighted by atomic mass is 16.5. The monoisotopic (exact) mass is 222 g/mol. The molecule has 88 valence electrons. The quantitative estimate of drug-likeness (QED) is 0.800. The van der Waals surface area contributed by atoms with E-state index in [1.54, 1.807) is 7.11 Å². The molecule has 0 amide bonds. The Morgan fingerprint density at radius 3 is 2.88 bits per heavy atom. The van der Waals surface area contributed by atoms with Crippen LogP contribution in [0.15, 0.2) is 18.2 Å². The second-order valence-corrected chi connectivity index (χ2v) is 4.78. The molecule has 0 bridgehead atoms. The molecule has 0 aliphatic heterocycles. The Kier molecular flexibility index (Phi) is 2.91.